The summed E-state index contributed by atoms with van der Waals surface area (Å²) in [6, 6.07) is 5.28. The molecule has 18 heavy (non-hydrogen) atoms. The van der Waals surface area contributed by atoms with Gasteiger partial charge in [0.15, 0.2) is 0 Å². The fraction of sp³-hybridized carbons (Fsp3) is 0.333. The number of aromatic amines is 1. The van der Waals surface area contributed by atoms with Crippen LogP contribution in [0.2, 0.25) is 0 Å². The van der Waals surface area contributed by atoms with E-state index in [1.54, 1.807) is 18.3 Å². The molecule has 0 aliphatic heterocycles. The number of nitrogens with zero attached hydrogens (tertiary/aromatic N) is 2. The fourth-order valence-electron chi connectivity index (χ4n) is 1.80. The number of pyridine rings is 1. The van der Waals surface area contributed by atoms with Gasteiger partial charge >= 0.3 is 0 Å². The SMILES string of the molecule is O=C(c1cc2ncccc2[nH]1)N(CCO)CCO. The van der Waals surface area contributed by atoms with Crippen LogP contribution >= 0.6 is 0 Å². The average Bonchev–Trinajstić information content (AvgIpc) is 2.81. The van der Waals surface area contributed by atoms with Crippen molar-refractivity contribution in [1.82, 2.24) is 14.9 Å². The Balaban J connectivity index is 2.25. The van der Waals surface area contributed by atoms with Crippen LogP contribution in [0.25, 0.3) is 11.0 Å². The highest BCUT2D eigenvalue weighted by atomic mass is 16.3. The van der Waals surface area contributed by atoms with Crippen molar-refractivity contribution in [2.24, 2.45) is 0 Å². The second kappa shape index (κ2) is 5.61. The van der Waals surface area contributed by atoms with Gasteiger partial charge in [0.2, 0.25) is 0 Å². The Hall–Kier alpha value is -1.92. The number of fused-ring (bicyclic) bond motifs is 1. The molecule has 2 rings (SSSR count). The second-order valence-corrected chi connectivity index (χ2v) is 3.86. The number of hydrogen-bond donors (Lipinski definition) is 3. The lowest BCUT2D eigenvalue weighted by molar-refractivity contribution is 0.0680. The first-order valence-corrected chi connectivity index (χ1v) is 5.71. The van der Waals surface area contributed by atoms with E-state index in [1.165, 1.54) is 4.90 Å². The highest BCUT2D eigenvalue weighted by molar-refractivity contribution is 5.97. The summed E-state index contributed by atoms with van der Waals surface area (Å²) in [5.74, 6) is -0.254. The molecule has 0 aliphatic carbocycles. The first kappa shape index (κ1) is 12.5. The largest absolute Gasteiger partial charge is 0.395 e. The Morgan fingerprint density at radius 3 is 2.67 bits per heavy atom. The molecule has 0 saturated heterocycles. The molecule has 2 aromatic heterocycles. The number of rotatable bonds is 5. The first-order chi connectivity index (χ1) is 8.76. The van der Waals surface area contributed by atoms with E-state index in [2.05, 4.69) is 9.97 Å². The maximum absolute atomic E-state index is 12.1. The maximum atomic E-state index is 12.1. The minimum atomic E-state index is -0.254. The lowest BCUT2D eigenvalue weighted by Crippen LogP contribution is -2.36. The zero-order valence-corrected chi connectivity index (χ0v) is 9.83. The molecular formula is C12H15N3O3. The van der Waals surface area contributed by atoms with Gasteiger partial charge in [-0.2, -0.15) is 0 Å². The Morgan fingerprint density at radius 2 is 2.06 bits per heavy atom. The van der Waals surface area contributed by atoms with E-state index in [9.17, 15) is 4.79 Å². The Kier molecular flexibility index (Phi) is 3.91. The third-order valence-corrected chi connectivity index (χ3v) is 2.65. The molecule has 0 bridgehead atoms. The molecule has 96 valence electrons. The summed E-state index contributed by atoms with van der Waals surface area (Å²) in [5.41, 5.74) is 1.91. The van der Waals surface area contributed by atoms with Gasteiger partial charge in [0.05, 0.1) is 24.2 Å². The number of aliphatic hydroxyl groups is 2. The van der Waals surface area contributed by atoms with Crippen molar-refractivity contribution in [2.45, 2.75) is 0 Å². The third-order valence-electron chi connectivity index (χ3n) is 2.65. The monoisotopic (exact) mass is 249 g/mol. The topological polar surface area (TPSA) is 89.5 Å². The Bertz CT molecular complexity index is 499. The van der Waals surface area contributed by atoms with Crippen molar-refractivity contribution in [3.8, 4) is 0 Å². The van der Waals surface area contributed by atoms with Crippen molar-refractivity contribution < 1.29 is 15.0 Å². The second-order valence-electron chi connectivity index (χ2n) is 3.86. The predicted molar refractivity (Wildman–Crippen MR) is 66.2 cm³/mol. The third kappa shape index (κ3) is 2.49. The molecule has 1 amide bonds. The van der Waals surface area contributed by atoms with Gasteiger partial charge in [0, 0.05) is 19.3 Å². The summed E-state index contributed by atoms with van der Waals surface area (Å²) < 4.78 is 0. The lowest BCUT2D eigenvalue weighted by Gasteiger charge is -2.19. The summed E-state index contributed by atoms with van der Waals surface area (Å²) in [7, 11) is 0. The maximum Gasteiger partial charge on any atom is 0.270 e. The smallest absolute Gasteiger partial charge is 0.270 e. The van der Waals surface area contributed by atoms with Gasteiger partial charge in [-0.25, -0.2) is 0 Å². The standard InChI is InChI=1S/C12H15N3O3/c16-6-4-15(5-7-17)12(18)11-8-10-9(14-11)2-1-3-13-10/h1-3,8,14,16-17H,4-7H2. The molecule has 0 fully saturated rings. The molecular weight excluding hydrogens is 234 g/mol. The summed E-state index contributed by atoms with van der Waals surface area (Å²) in [5, 5.41) is 17.8. The van der Waals surface area contributed by atoms with Crippen LogP contribution in [0.3, 0.4) is 0 Å². The van der Waals surface area contributed by atoms with Gasteiger partial charge in [-0.3, -0.25) is 9.78 Å². The van der Waals surface area contributed by atoms with Crippen molar-refractivity contribution >= 4 is 16.9 Å². The number of amides is 1. The van der Waals surface area contributed by atoms with Gasteiger partial charge in [-0.05, 0) is 18.2 Å². The van der Waals surface area contributed by atoms with Crippen LogP contribution in [0.5, 0.6) is 0 Å². The van der Waals surface area contributed by atoms with E-state index in [1.807, 2.05) is 6.07 Å². The van der Waals surface area contributed by atoms with E-state index < -0.39 is 0 Å². The van der Waals surface area contributed by atoms with E-state index >= 15 is 0 Å². The number of H-pyrrole nitrogens is 1. The first-order valence-electron chi connectivity index (χ1n) is 5.71. The molecule has 0 spiro atoms. The number of aromatic nitrogens is 2. The van der Waals surface area contributed by atoms with Gasteiger partial charge in [-0.1, -0.05) is 0 Å². The zero-order chi connectivity index (χ0) is 13.0. The normalized spacial score (nSPS) is 10.8. The molecule has 3 N–H and O–H groups in total. The van der Waals surface area contributed by atoms with Crippen molar-refractivity contribution in [2.75, 3.05) is 26.3 Å². The molecule has 2 heterocycles. The van der Waals surface area contributed by atoms with E-state index in [0.29, 0.717) is 11.2 Å². The van der Waals surface area contributed by atoms with Crippen molar-refractivity contribution in [3.05, 3.63) is 30.1 Å². The van der Waals surface area contributed by atoms with Crippen LogP contribution in [0.4, 0.5) is 0 Å². The number of aliphatic hydroxyl groups excluding tert-OH is 2. The molecule has 0 radical (unpaired) electrons. The van der Waals surface area contributed by atoms with Gasteiger partial charge in [0.25, 0.3) is 5.91 Å². The highest BCUT2D eigenvalue weighted by Crippen LogP contribution is 2.13. The number of hydrogen-bond acceptors (Lipinski definition) is 4. The van der Waals surface area contributed by atoms with Crippen LogP contribution in [0, 0.1) is 0 Å². The molecule has 0 unspecified atom stereocenters. The van der Waals surface area contributed by atoms with Gasteiger partial charge < -0.3 is 20.1 Å². The quantitative estimate of drug-likeness (QED) is 0.695. The predicted octanol–water partition coefficient (Wildman–Crippen LogP) is -0.0103. The van der Waals surface area contributed by atoms with E-state index in [-0.39, 0.29) is 32.2 Å². The minimum absolute atomic E-state index is 0.135. The molecule has 2 aromatic rings. The van der Waals surface area contributed by atoms with E-state index in [0.717, 1.165) is 5.52 Å². The van der Waals surface area contributed by atoms with Crippen LogP contribution in [0.15, 0.2) is 24.4 Å². The summed E-state index contributed by atoms with van der Waals surface area (Å²) in [4.78, 5) is 20.6. The minimum Gasteiger partial charge on any atom is -0.395 e. The summed E-state index contributed by atoms with van der Waals surface area (Å²) in [6.07, 6.45) is 1.66. The Morgan fingerprint density at radius 1 is 1.33 bits per heavy atom. The Labute approximate surface area is 104 Å². The van der Waals surface area contributed by atoms with Gasteiger partial charge in [-0.15, -0.1) is 0 Å². The number of carbonyl (C=O) groups excluding carboxylic acids is 1. The molecule has 6 nitrogen and oxygen atoms in total. The number of nitrogens with one attached hydrogen (secondary N) is 1. The van der Waals surface area contributed by atoms with Crippen LogP contribution in [-0.2, 0) is 0 Å². The summed E-state index contributed by atoms with van der Waals surface area (Å²) in [6.45, 7) is 0.124. The van der Waals surface area contributed by atoms with Crippen LogP contribution in [-0.4, -0.2) is 57.3 Å². The molecule has 0 atom stereocenters. The zero-order valence-electron chi connectivity index (χ0n) is 9.83. The lowest BCUT2D eigenvalue weighted by atomic mass is 10.3. The highest BCUT2D eigenvalue weighted by Gasteiger charge is 2.17. The van der Waals surface area contributed by atoms with Crippen LogP contribution in [0.1, 0.15) is 10.5 Å². The van der Waals surface area contributed by atoms with Gasteiger partial charge in [0.1, 0.15) is 5.69 Å². The van der Waals surface area contributed by atoms with Crippen LogP contribution < -0.4 is 0 Å². The van der Waals surface area contributed by atoms with Crippen molar-refractivity contribution in [1.29, 1.82) is 0 Å². The van der Waals surface area contributed by atoms with Crippen molar-refractivity contribution in [3.63, 3.8) is 0 Å². The molecule has 0 saturated carbocycles. The average molecular weight is 249 g/mol. The summed E-state index contributed by atoms with van der Waals surface area (Å²) >= 11 is 0. The van der Waals surface area contributed by atoms with E-state index in [4.69, 9.17) is 10.2 Å². The number of carbonyl (C=O) groups is 1. The molecule has 0 aromatic carbocycles. The fourth-order valence-corrected chi connectivity index (χ4v) is 1.80. The molecule has 6 heteroatoms. The molecule has 0 aliphatic rings.